The Balaban J connectivity index is 2.94. The van der Waals surface area contributed by atoms with E-state index in [1.165, 1.54) is 0 Å². The first kappa shape index (κ1) is 11.8. The molecule has 1 aliphatic rings. The van der Waals surface area contributed by atoms with E-state index >= 15 is 0 Å². The molecule has 0 amide bonds. The second kappa shape index (κ2) is 5.01. The van der Waals surface area contributed by atoms with Crippen LogP contribution in [0.1, 0.15) is 27.2 Å². The summed E-state index contributed by atoms with van der Waals surface area (Å²) >= 11 is 0. The maximum Gasteiger partial charge on any atom is 0.235 e. The summed E-state index contributed by atoms with van der Waals surface area (Å²) in [6.07, 6.45) is 3.93. The van der Waals surface area contributed by atoms with Crippen LogP contribution in [0, 0.1) is 17.8 Å². The average molecular weight is 208 g/mol. The van der Waals surface area contributed by atoms with Gasteiger partial charge < -0.3 is 0 Å². The SMILES string of the molecule is CC1CC(N=C=O)C(N=C=O)C(C)C1C. The summed E-state index contributed by atoms with van der Waals surface area (Å²) in [5.74, 6) is 1.21. The van der Waals surface area contributed by atoms with Crippen molar-refractivity contribution in [2.24, 2.45) is 27.7 Å². The van der Waals surface area contributed by atoms with Crippen LogP contribution >= 0.6 is 0 Å². The zero-order valence-corrected chi connectivity index (χ0v) is 9.30. The summed E-state index contributed by atoms with van der Waals surface area (Å²) in [7, 11) is 0. The van der Waals surface area contributed by atoms with Gasteiger partial charge in [-0.3, -0.25) is 0 Å². The third-order valence-corrected chi connectivity index (χ3v) is 3.69. The minimum atomic E-state index is -0.213. The molecule has 0 saturated heterocycles. The first-order valence-corrected chi connectivity index (χ1v) is 5.25. The van der Waals surface area contributed by atoms with Crippen molar-refractivity contribution in [2.45, 2.75) is 39.3 Å². The van der Waals surface area contributed by atoms with Gasteiger partial charge in [-0.1, -0.05) is 20.8 Å². The maximum absolute atomic E-state index is 10.3. The fourth-order valence-corrected chi connectivity index (χ4v) is 2.38. The fraction of sp³-hybridized carbons (Fsp3) is 0.818. The normalized spacial score (nSPS) is 40.1. The van der Waals surface area contributed by atoms with Gasteiger partial charge >= 0.3 is 0 Å². The molecule has 1 fully saturated rings. The third-order valence-electron chi connectivity index (χ3n) is 3.69. The zero-order chi connectivity index (χ0) is 11.4. The van der Waals surface area contributed by atoms with Gasteiger partial charge in [0, 0.05) is 0 Å². The molecule has 15 heavy (non-hydrogen) atoms. The van der Waals surface area contributed by atoms with E-state index in [0.29, 0.717) is 11.8 Å². The molecule has 1 saturated carbocycles. The predicted octanol–water partition coefficient (Wildman–Crippen LogP) is 1.71. The monoisotopic (exact) mass is 208 g/mol. The summed E-state index contributed by atoms with van der Waals surface area (Å²) in [5, 5.41) is 0. The van der Waals surface area contributed by atoms with E-state index in [4.69, 9.17) is 0 Å². The molecule has 0 aromatic heterocycles. The summed E-state index contributed by atoms with van der Waals surface area (Å²) in [6.45, 7) is 6.32. The molecular formula is C11H16N2O2. The first-order valence-electron chi connectivity index (χ1n) is 5.25. The molecule has 82 valence electrons. The Kier molecular flexibility index (Phi) is 3.96. The number of nitrogens with zero attached hydrogens (tertiary/aromatic N) is 2. The third kappa shape index (κ3) is 2.41. The topological polar surface area (TPSA) is 58.9 Å². The lowest BCUT2D eigenvalue weighted by atomic mass is 9.70. The highest BCUT2D eigenvalue weighted by molar-refractivity contribution is 5.36. The molecule has 0 N–H and O–H groups in total. The second-order valence-electron chi connectivity index (χ2n) is 4.43. The van der Waals surface area contributed by atoms with Gasteiger partial charge in [0.05, 0.1) is 12.1 Å². The standard InChI is InChI=1S/C11H16N2O2/c1-7-4-10(12-5-14)11(13-6-15)9(3)8(7)2/h7-11H,4H2,1-3H3. The summed E-state index contributed by atoms with van der Waals surface area (Å²) in [5.41, 5.74) is 0. The molecule has 0 spiro atoms. The van der Waals surface area contributed by atoms with Crippen LogP contribution < -0.4 is 0 Å². The lowest BCUT2D eigenvalue weighted by Crippen LogP contribution is -2.42. The molecule has 0 radical (unpaired) electrons. The quantitative estimate of drug-likeness (QED) is 0.512. The smallest absolute Gasteiger partial charge is 0.211 e. The number of aliphatic imine (C=N–C) groups is 2. The Hall–Kier alpha value is -1.24. The van der Waals surface area contributed by atoms with E-state index in [1.807, 2.05) is 6.92 Å². The molecular weight excluding hydrogens is 192 g/mol. The van der Waals surface area contributed by atoms with E-state index < -0.39 is 0 Å². The molecule has 0 heterocycles. The van der Waals surface area contributed by atoms with Gasteiger partial charge in [0.1, 0.15) is 0 Å². The molecule has 5 atom stereocenters. The van der Waals surface area contributed by atoms with Crippen LogP contribution in [0.25, 0.3) is 0 Å². The highest BCUT2D eigenvalue weighted by atomic mass is 16.1. The van der Waals surface area contributed by atoms with Crippen molar-refractivity contribution < 1.29 is 9.59 Å². The minimum Gasteiger partial charge on any atom is -0.211 e. The lowest BCUT2D eigenvalue weighted by molar-refractivity contribution is 0.152. The summed E-state index contributed by atoms with van der Waals surface area (Å²) in [6, 6.07) is -0.416. The summed E-state index contributed by atoms with van der Waals surface area (Å²) in [4.78, 5) is 28.1. The second-order valence-corrected chi connectivity index (χ2v) is 4.43. The van der Waals surface area contributed by atoms with Gasteiger partial charge in [-0.2, -0.15) is 4.99 Å². The lowest BCUT2D eigenvalue weighted by Gasteiger charge is -2.39. The molecule has 4 nitrogen and oxygen atoms in total. The summed E-state index contributed by atoms with van der Waals surface area (Å²) < 4.78 is 0. The molecule has 4 heteroatoms. The van der Waals surface area contributed by atoms with E-state index in [0.717, 1.165) is 6.42 Å². The van der Waals surface area contributed by atoms with Gasteiger partial charge in [-0.05, 0) is 24.2 Å². The van der Waals surface area contributed by atoms with Gasteiger partial charge in [0.25, 0.3) is 0 Å². The predicted molar refractivity (Wildman–Crippen MR) is 55.9 cm³/mol. The van der Waals surface area contributed by atoms with Crippen molar-refractivity contribution in [1.82, 2.24) is 0 Å². The number of hydrogen-bond acceptors (Lipinski definition) is 4. The zero-order valence-electron chi connectivity index (χ0n) is 9.30. The van der Waals surface area contributed by atoms with Crippen molar-refractivity contribution in [3.63, 3.8) is 0 Å². The van der Waals surface area contributed by atoms with Crippen molar-refractivity contribution in [1.29, 1.82) is 0 Å². The van der Waals surface area contributed by atoms with Gasteiger partial charge in [0.15, 0.2) is 0 Å². The molecule has 0 aliphatic heterocycles. The molecule has 0 aromatic rings. The molecule has 5 unspecified atom stereocenters. The Morgan fingerprint density at radius 3 is 2.13 bits per heavy atom. The van der Waals surface area contributed by atoms with Gasteiger partial charge in [-0.25, -0.2) is 14.6 Å². The van der Waals surface area contributed by atoms with E-state index in [2.05, 4.69) is 23.8 Å². The van der Waals surface area contributed by atoms with E-state index in [9.17, 15) is 9.59 Å². The van der Waals surface area contributed by atoms with Crippen molar-refractivity contribution in [3.8, 4) is 0 Å². The number of hydrogen-bond donors (Lipinski definition) is 0. The molecule has 0 aromatic carbocycles. The minimum absolute atomic E-state index is 0.204. The van der Waals surface area contributed by atoms with Crippen LogP contribution in [0.3, 0.4) is 0 Å². The molecule has 0 bridgehead atoms. The maximum atomic E-state index is 10.3. The van der Waals surface area contributed by atoms with Crippen LogP contribution in [-0.2, 0) is 9.59 Å². The van der Waals surface area contributed by atoms with Gasteiger partial charge in [-0.15, -0.1) is 0 Å². The number of carbonyl (C=O) groups excluding carboxylic acids is 2. The Labute approximate surface area is 89.5 Å². The van der Waals surface area contributed by atoms with Crippen molar-refractivity contribution in [3.05, 3.63) is 0 Å². The average Bonchev–Trinajstić information content (AvgIpc) is 2.21. The van der Waals surface area contributed by atoms with Crippen LogP contribution in [0.4, 0.5) is 0 Å². The number of rotatable bonds is 2. The van der Waals surface area contributed by atoms with Crippen LogP contribution in [0.2, 0.25) is 0 Å². The Morgan fingerprint density at radius 2 is 1.60 bits per heavy atom. The van der Waals surface area contributed by atoms with E-state index in [-0.39, 0.29) is 18.0 Å². The highest BCUT2D eigenvalue weighted by Gasteiger charge is 2.38. The fourth-order valence-electron chi connectivity index (χ4n) is 2.38. The Morgan fingerprint density at radius 1 is 1.00 bits per heavy atom. The van der Waals surface area contributed by atoms with Gasteiger partial charge in [0.2, 0.25) is 12.2 Å². The molecule has 1 aliphatic carbocycles. The van der Waals surface area contributed by atoms with Crippen molar-refractivity contribution >= 4 is 12.2 Å². The number of isocyanates is 2. The molecule has 1 rings (SSSR count). The largest absolute Gasteiger partial charge is 0.235 e. The first-order chi connectivity index (χ1) is 7.11. The van der Waals surface area contributed by atoms with Crippen LogP contribution in [0.15, 0.2) is 9.98 Å². The van der Waals surface area contributed by atoms with Crippen LogP contribution in [0.5, 0.6) is 0 Å². The Bertz CT molecular complexity index is 317. The highest BCUT2D eigenvalue weighted by Crippen LogP contribution is 2.37. The van der Waals surface area contributed by atoms with E-state index in [1.54, 1.807) is 12.2 Å². The van der Waals surface area contributed by atoms with Crippen molar-refractivity contribution in [2.75, 3.05) is 0 Å². The van der Waals surface area contributed by atoms with Crippen LogP contribution in [-0.4, -0.2) is 24.2 Å².